The number of nitrogens with zero attached hydrogens (tertiary/aromatic N) is 2. The van der Waals surface area contributed by atoms with Gasteiger partial charge in [-0.15, -0.1) is 11.3 Å². The molecule has 1 amide bonds. The van der Waals surface area contributed by atoms with Gasteiger partial charge in [0.15, 0.2) is 11.5 Å². The van der Waals surface area contributed by atoms with E-state index in [9.17, 15) is 13.2 Å². The summed E-state index contributed by atoms with van der Waals surface area (Å²) in [6, 6.07) is 6.57. The van der Waals surface area contributed by atoms with Crippen LogP contribution in [0.1, 0.15) is 15.2 Å². The first-order valence-electron chi connectivity index (χ1n) is 8.31. The molecule has 4 rings (SSSR count). The number of hydrogen-bond donors (Lipinski definition) is 0. The Labute approximate surface area is 166 Å². The van der Waals surface area contributed by atoms with Crippen molar-refractivity contribution in [1.82, 2.24) is 9.21 Å². The average molecular weight is 429 g/mol. The molecule has 0 radical (unpaired) electrons. The van der Waals surface area contributed by atoms with E-state index in [1.165, 1.54) is 15.6 Å². The van der Waals surface area contributed by atoms with Crippen LogP contribution in [0.3, 0.4) is 0 Å². The van der Waals surface area contributed by atoms with Crippen LogP contribution in [0.25, 0.3) is 0 Å². The highest BCUT2D eigenvalue weighted by Crippen LogP contribution is 2.40. The van der Waals surface area contributed by atoms with Crippen molar-refractivity contribution in [1.29, 1.82) is 0 Å². The lowest BCUT2D eigenvalue weighted by Gasteiger charge is -2.33. The van der Waals surface area contributed by atoms with Gasteiger partial charge in [0.1, 0.15) is 4.21 Å². The van der Waals surface area contributed by atoms with Gasteiger partial charge in [-0.2, -0.15) is 4.31 Å². The molecule has 0 bridgehead atoms. The predicted octanol–water partition coefficient (Wildman–Crippen LogP) is 2.59. The Kier molecular flexibility index (Phi) is 4.79. The standard InChI is InChI=1S/C17H17ClN2O5S2/c1-11-2-3-15(26-11)27(22,23)20-6-4-19(5-7-20)17(21)12-8-13(18)16-14(9-12)24-10-25-16/h2-3,8-9H,4-7,10H2,1H3. The van der Waals surface area contributed by atoms with Crippen LogP contribution in [0.15, 0.2) is 28.5 Å². The van der Waals surface area contributed by atoms with Crippen molar-refractivity contribution < 1.29 is 22.7 Å². The molecule has 1 aromatic heterocycles. The van der Waals surface area contributed by atoms with E-state index in [1.54, 1.807) is 29.2 Å². The fourth-order valence-electron chi connectivity index (χ4n) is 3.08. The van der Waals surface area contributed by atoms with Crippen molar-refractivity contribution in [3.63, 3.8) is 0 Å². The quantitative estimate of drug-likeness (QED) is 0.751. The number of thiophene rings is 1. The van der Waals surface area contributed by atoms with Crippen LogP contribution in [0.5, 0.6) is 11.5 Å². The highest BCUT2D eigenvalue weighted by Gasteiger charge is 2.32. The molecule has 2 aliphatic heterocycles. The largest absolute Gasteiger partial charge is 0.454 e. The Morgan fingerprint density at radius 3 is 2.56 bits per heavy atom. The van der Waals surface area contributed by atoms with Gasteiger partial charge in [0, 0.05) is 36.6 Å². The number of piperazine rings is 1. The summed E-state index contributed by atoms with van der Waals surface area (Å²) in [5, 5.41) is 0.322. The van der Waals surface area contributed by atoms with E-state index in [4.69, 9.17) is 21.1 Å². The van der Waals surface area contributed by atoms with E-state index >= 15 is 0 Å². The summed E-state index contributed by atoms with van der Waals surface area (Å²) in [5.41, 5.74) is 0.398. The number of carbonyl (C=O) groups excluding carboxylic acids is 1. The van der Waals surface area contributed by atoms with E-state index in [0.29, 0.717) is 39.4 Å². The minimum Gasteiger partial charge on any atom is -0.454 e. The molecule has 0 spiro atoms. The van der Waals surface area contributed by atoms with Crippen molar-refractivity contribution in [2.24, 2.45) is 0 Å². The van der Waals surface area contributed by atoms with Gasteiger partial charge in [-0.3, -0.25) is 4.79 Å². The maximum atomic E-state index is 12.8. The van der Waals surface area contributed by atoms with Gasteiger partial charge in [0.05, 0.1) is 5.02 Å². The molecule has 1 saturated heterocycles. The molecular formula is C17H17ClN2O5S2. The van der Waals surface area contributed by atoms with Crippen LogP contribution in [0.4, 0.5) is 0 Å². The lowest BCUT2D eigenvalue weighted by atomic mass is 10.1. The van der Waals surface area contributed by atoms with Gasteiger partial charge in [0.2, 0.25) is 6.79 Å². The molecule has 10 heteroatoms. The SMILES string of the molecule is Cc1ccc(S(=O)(=O)N2CCN(C(=O)c3cc(Cl)c4c(c3)OCO4)CC2)s1. The molecule has 0 saturated carbocycles. The number of rotatable bonds is 3. The molecule has 1 fully saturated rings. The summed E-state index contributed by atoms with van der Waals surface area (Å²) in [6.45, 7) is 3.08. The summed E-state index contributed by atoms with van der Waals surface area (Å²) in [6.07, 6.45) is 0. The van der Waals surface area contributed by atoms with Gasteiger partial charge >= 0.3 is 0 Å². The van der Waals surface area contributed by atoms with Crippen LogP contribution in [0.2, 0.25) is 5.02 Å². The van der Waals surface area contributed by atoms with Crippen molar-refractivity contribution in [3.05, 3.63) is 39.7 Å². The van der Waals surface area contributed by atoms with Gasteiger partial charge in [-0.25, -0.2) is 8.42 Å². The normalized spacial score (nSPS) is 17.3. The van der Waals surface area contributed by atoms with Crippen LogP contribution in [-0.4, -0.2) is 56.5 Å². The number of fused-ring (bicyclic) bond motifs is 1. The van der Waals surface area contributed by atoms with Crippen LogP contribution in [0, 0.1) is 6.92 Å². The number of carbonyl (C=O) groups is 1. The molecule has 2 aliphatic rings. The molecule has 0 unspecified atom stereocenters. The summed E-state index contributed by atoms with van der Waals surface area (Å²) in [5.74, 6) is 0.676. The number of halogens is 1. The number of hydrogen-bond acceptors (Lipinski definition) is 6. The molecule has 7 nitrogen and oxygen atoms in total. The van der Waals surface area contributed by atoms with Crippen molar-refractivity contribution >= 4 is 38.9 Å². The van der Waals surface area contributed by atoms with Crippen LogP contribution < -0.4 is 9.47 Å². The molecule has 144 valence electrons. The first-order valence-corrected chi connectivity index (χ1v) is 10.9. The van der Waals surface area contributed by atoms with Gasteiger partial charge in [-0.05, 0) is 31.2 Å². The third-order valence-corrected chi connectivity index (χ3v) is 8.16. The van der Waals surface area contributed by atoms with Crippen LogP contribution >= 0.6 is 22.9 Å². The zero-order valence-corrected chi connectivity index (χ0v) is 16.9. The summed E-state index contributed by atoms with van der Waals surface area (Å²) in [4.78, 5) is 15.4. The molecule has 1 aromatic carbocycles. The maximum Gasteiger partial charge on any atom is 0.254 e. The minimum atomic E-state index is -3.51. The third kappa shape index (κ3) is 3.40. The third-order valence-electron chi connectivity index (χ3n) is 4.51. The van der Waals surface area contributed by atoms with E-state index in [0.717, 1.165) is 4.88 Å². The maximum absolute atomic E-state index is 12.8. The van der Waals surface area contributed by atoms with Crippen molar-refractivity contribution in [3.8, 4) is 11.5 Å². The Bertz CT molecular complexity index is 997. The predicted molar refractivity (Wildman–Crippen MR) is 101 cm³/mol. The molecule has 0 aliphatic carbocycles. The van der Waals surface area contributed by atoms with E-state index in [-0.39, 0.29) is 25.8 Å². The topological polar surface area (TPSA) is 76.2 Å². The number of amides is 1. The molecule has 27 heavy (non-hydrogen) atoms. The average Bonchev–Trinajstić information content (AvgIpc) is 3.30. The van der Waals surface area contributed by atoms with E-state index < -0.39 is 10.0 Å². The molecule has 0 atom stereocenters. The summed E-state index contributed by atoms with van der Waals surface area (Å²) in [7, 11) is -3.51. The number of ether oxygens (including phenoxy) is 2. The minimum absolute atomic E-state index is 0.0748. The van der Waals surface area contributed by atoms with Gasteiger partial charge in [0.25, 0.3) is 15.9 Å². The zero-order chi connectivity index (χ0) is 19.2. The molecule has 3 heterocycles. The number of aryl methyl sites for hydroxylation is 1. The van der Waals surface area contributed by atoms with Crippen LogP contribution in [-0.2, 0) is 10.0 Å². The zero-order valence-electron chi connectivity index (χ0n) is 14.5. The summed E-state index contributed by atoms with van der Waals surface area (Å²) < 4.78 is 37.7. The lowest BCUT2D eigenvalue weighted by molar-refractivity contribution is 0.0697. The molecular weight excluding hydrogens is 412 g/mol. The summed E-state index contributed by atoms with van der Waals surface area (Å²) >= 11 is 7.40. The number of benzene rings is 1. The second-order valence-electron chi connectivity index (χ2n) is 6.25. The smallest absolute Gasteiger partial charge is 0.254 e. The Morgan fingerprint density at radius 1 is 1.15 bits per heavy atom. The highest BCUT2D eigenvalue weighted by atomic mass is 35.5. The highest BCUT2D eigenvalue weighted by molar-refractivity contribution is 7.91. The van der Waals surface area contributed by atoms with E-state index in [2.05, 4.69) is 0 Å². The van der Waals surface area contributed by atoms with Gasteiger partial charge < -0.3 is 14.4 Å². The first kappa shape index (κ1) is 18.5. The monoisotopic (exact) mass is 428 g/mol. The first-order chi connectivity index (χ1) is 12.9. The Morgan fingerprint density at radius 2 is 1.89 bits per heavy atom. The van der Waals surface area contributed by atoms with E-state index in [1.807, 2.05) is 6.92 Å². The second kappa shape index (κ2) is 6.97. The Hall–Kier alpha value is -1.81. The fraction of sp³-hybridized carbons (Fsp3) is 0.353. The lowest BCUT2D eigenvalue weighted by Crippen LogP contribution is -2.50. The van der Waals surface area contributed by atoms with Crippen molar-refractivity contribution in [2.75, 3.05) is 33.0 Å². The second-order valence-corrected chi connectivity index (χ2v) is 10.1. The Balaban J connectivity index is 1.46. The fourth-order valence-corrected chi connectivity index (χ4v) is 6.21. The van der Waals surface area contributed by atoms with Crippen molar-refractivity contribution in [2.45, 2.75) is 11.1 Å². The molecule has 2 aromatic rings. The van der Waals surface area contributed by atoms with Gasteiger partial charge in [-0.1, -0.05) is 11.6 Å². The molecule has 0 N–H and O–H groups in total. The number of sulfonamides is 1.